The Morgan fingerprint density at radius 1 is 1.47 bits per heavy atom. The van der Waals surface area contributed by atoms with Gasteiger partial charge in [-0.15, -0.1) is 0 Å². The van der Waals surface area contributed by atoms with Gasteiger partial charge in [0, 0.05) is 25.5 Å². The van der Waals surface area contributed by atoms with Crippen LogP contribution in [0.4, 0.5) is 0 Å². The summed E-state index contributed by atoms with van der Waals surface area (Å²) in [4.78, 5) is 4.52. The Morgan fingerprint density at radius 2 is 2.24 bits per heavy atom. The van der Waals surface area contributed by atoms with Crippen molar-refractivity contribution in [1.29, 1.82) is 0 Å². The highest BCUT2D eigenvalue weighted by Gasteiger charge is 2.21. The van der Waals surface area contributed by atoms with Crippen LogP contribution in [0.2, 0.25) is 0 Å². The van der Waals surface area contributed by atoms with Crippen molar-refractivity contribution < 1.29 is 4.74 Å². The molecular formula is C14H22N2O. The summed E-state index contributed by atoms with van der Waals surface area (Å²) >= 11 is 0. The first-order valence-electron chi connectivity index (χ1n) is 6.47. The van der Waals surface area contributed by atoms with Gasteiger partial charge >= 0.3 is 0 Å². The van der Waals surface area contributed by atoms with Gasteiger partial charge in [0.2, 0.25) is 0 Å². The Balaban J connectivity index is 2.03. The highest BCUT2D eigenvalue weighted by Crippen LogP contribution is 2.27. The zero-order valence-corrected chi connectivity index (χ0v) is 10.8. The fraction of sp³-hybridized carbons (Fsp3) is 0.643. The van der Waals surface area contributed by atoms with Crippen LogP contribution in [0.5, 0.6) is 0 Å². The molecule has 17 heavy (non-hydrogen) atoms. The molecule has 1 N–H and O–H groups in total. The zero-order chi connectivity index (χ0) is 12.1. The summed E-state index contributed by atoms with van der Waals surface area (Å²) in [5, 5.41) is 3.40. The Kier molecular flexibility index (Phi) is 4.51. The number of ether oxygens (including phenoxy) is 1. The quantitative estimate of drug-likeness (QED) is 0.869. The molecule has 0 aromatic carbocycles. The fourth-order valence-electron chi connectivity index (χ4n) is 2.54. The molecule has 0 spiro atoms. The molecule has 2 rings (SSSR count). The molecule has 1 aliphatic rings. The van der Waals surface area contributed by atoms with E-state index in [1.54, 1.807) is 0 Å². The van der Waals surface area contributed by atoms with Gasteiger partial charge in [-0.1, -0.05) is 6.07 Å². The van der Waals surface area contributed by atoms with E-state index in [0.717, 1.165) is 25.6 Å². The van der Waals surface area contributed by atoms with Crippen molar-refractivity contribution in [3.8, 4) is 0 Å². The lowest BCUT2D eigenvalue weighted by molar-refractivity contribution is 0.0606. The third-order valence-electron chi connectivity index (χ3n) is 3.64. The summed E-state index contributed by atoms with van der Waals surface area (Å²) in [7, 11) is 2.03. The predicted molar refractivity (Wildman–Crippen MR) is 68.9 cm³/mol. The number of rotatable bonds is 4. The van der Waals surface area contributed by atoms with E-state index < -0.39 is 0 Å². The van der Waals surface area contributed by atoms with Crippen LogP contribution in [0.25, 0.3) is 0 Å². The molecule has 2 heterocycles. The SMILES string of the molecule is CNC(CC1CCOCC1)c1ncccc1C. The molecule has 0 saturated carbocycles. The molecule has 1 aromatic rings. The number of hydrogen-bond acceptors (Lipinski definition) is 3. The van der Waals surface area contributed by atoms with E-state index in [2.05, 4.69) is 23.3 Å². The highest BCUT2D eigenvalue weighted by molar-refractivity contribution is 5.21. The lowest BCUT2D eigenvalue weighted by Gasteiger charge is -2.26. The van der Waals surface area contributed by atoms with Crippen molar-refractivity contribution in [2.45, 2.75) is 32.2 Å². The fourth-order valence-corrected chi connectivity index (χ4v) is 2.54. The molecule has 1 fully saturated rings. The maximum absolute atomic E-state index is 5.41. The number of aryl methyl sites for hydroxylation is 1. The first-order chi connectivity index (χ1) is 8.31. The topological polar surface area (TPSA) is 34.1 Å². The Bertz CT molecular complexity index is 348. The third kappa shape index (κ3) is 3.27. The second-order valence-corrected chi connectivity index (χ2v) is 4.84. The Hall–Kier alpha value is -0.930. The molecule has 1 aromatic heterocycles. The minimum Gasteiger partial charge on any atom is -0.381 e. The van der Waals surface area contributed by atoms with Crippen LogP contribution in [0.3, 0.4) is 0 Å². The predicted octanol–water partition coefficient (Wildman–Crippen LogP) is 2.47. The number of nitrogens with one attached hydrogen (secondary N) is 1. The molecular weight excluding hydrogens is 212 g/mol. The normalized spacial score (nSPS) is 19.2. The van der Waals surface area contributed by atoms with E-state index in [4.69, 9.17) is 4.74 Å². The van der Waals surface area contributed by atoms with Crippen LogP contribution >= 0.6 is 0 Å². The standard InChI is InChI=1S/C14H22N2O/c1-11-4-3-7-16-14(11)13(15-2)10-12-5-8-17-9-6-12/h3-4,7,12-13,15H,5-6,8-10H2,1-2H3. The minimum absolute atomic E-state index is 0.374. The van der Waals surface area contributed by atoms with Gasteiger partial charge in [0.15, 0.2) is 0 Å². The molecule has 0 aliphatic carbocycles. The van der Waals surface area contributed by atoms with E-state index in [1.807, 2.05) is 19.3 Å². The van der Waals surface area contributed by atoms with E-state index in [0.29, 0.717) is 6.04 Å². The monoisotopic (exact) mass is 234 g/mol. The summed E-state index contributed by atoms with van der Waals surface area (Å²) in [5.41, 5.74) is 2.47. The Morgan fingerprint density at radius 3 is 2.88 bits per heavy atom. The van der Waals surface area contributed by atoms with Gasteiger partial charge in [-0.3, -0.25) is 4.98 Å². The largest absolute Gasteiger partial charge is 0.381 e. The number of nitrogens with zero attached hydrogens (tertiary/aromatic N) is 1. The molecule has 3 heteroatoms. The summed E-state index contributed by atoms with van der Waals surface area (Å²) in [5.74, 6) is 0.766. The maximum atomic E-state index is 5.41. The van der Waals surface area contributed by atoms with Gasteiger partial charge in [0.1, 0.15) is 0 Å². The molecule has 3 nitrogen and oxygen atoms in total. The first kappa shape index (κ1) is 12.5. The van der Waals surface area contributed by atoms with Crippen LogP contribution in [0.1, 0.15) is 36.6 Å². The third-order valence-corrected chi connectivity index (χ3v) is 3.64. The summed E-state index contributed by atoms with van der Waals surface area (Å²) in [6, 6.07) is 4.51. The van der Waals surface area contributed by atoms with Crippen molar-refractivity contribution in [2.75, 3.05) is 20.3 Å². The van der Waals surface area contributed by atoms with E-state index >= 15 is 0 Å². The second-order valence-electron chi connectivity index (χ2n) is 4.84. The highest BCUT2D eigenvalue weighted by atomic mass is 16.5. The molecule has 0 radical (unpaired) electrons. The van der Waals surface area contributed by atoms with Crippen LogP contribution < -0.4 is 5.32 Å². The number of pyridine rings is 1. The van der Waals surface area contributed by atoms with Crippen LogP contribution in [0, 0.1) is 12.8 Å². The van der Waals surface area contributed by atoms with Crippen molar-refractivity contribution in [2.24, 2.45) is 5.92 Å². The van der Waals surface area contributed by atoms with Gasteiger partial charge < -0.3 is 10.1 Å². The number of hydrogen-bond donors (Lipinski definition) is 1. The molecule has 94 valence electrons. The average molecular weight is 234 g/mol. The van der Waals surface area contributed by atoms with Crippen LogP contribution in [-0.2, 0) is 4.74 Å². The molecule has 1 atom stereocenters. The summed E-state index contributed by atoms with van der Waals surface area (Å²) < 4.78 is 5.41. The van der Waals surface area contributed by atoms with Crippen molar-refractivity contribution in [3.63, 3.8) is 0 Å². The molecule has 1 unspecified atom stereocenters. The lowest BCUT2D eigenvalue weighted by atomic mass is 9.90. The second kappa shape index (κ2) is 6.12. The van der Waals surface area contributed by atoms with Crippen LogP contribution in [0.15, 0.2) is 18.3 Å². The van der Waals surface area contributed by atoms with Gasteiger partial charge in [0.25, 0.3) is 0 Å². The van der Waals surface area contributed by atoms with Gasteiger partial charge in [-0.25, -0.2) is 0 Å². The minimum atomic E-state index is 0.374. The smallest absolute Gasteiger partial charge is 0.0602 e. The van der Waals surface area contributed by atoms with E-state index in [-0.39, 0.29) is 0 Å². The molecule has 0 amide bonds. The molecule has 1 saturated heterocycles. The van der Waals surface area contributed by atoms with Gasteiger partial charge in [0.05, 0.1) is 5.69 Å². The maximum Gasteiger partial charge on any atom is 0.0602 e. The summed E-state index contributed by atoms with van der Waals surface area (Å²) in [6.07, 6.45) is 5.42. The number of aromatic nitrogens is 1. The van der Waals surface area contributed by atoms with Gasteiger partial charge in [-0.2, -0.15) is 0 Å². The van der Waals surface area contributed by atoms with Crippen molar-refractivity contribution in [1.82, 2.24) is 10.3 Å². The molecule has 0 bridgehead atoms. The average Bonchev–Trinajstić information content (AvgIpc) is 2.38. The summed E-state index contributed by atoms with van der Waals surface area (Å²) in [6.45, 7) is 3.97. The lowest BCUT2D eigenvalue weighted by Crippen LogP contribution is -2.25. The van der Waals surface area contributed by atoms with Crippen LogP contribution in [-0.4, -0.2) is 25.2 Å². The van der Waals surface area contributed by atoms with E-state index in [1.165, 1.54) is 24.1 Å². The first-order valence-corrected chi connectivity index (χ1v) is 6.47. The zero-order valence-electron chi connectivity index (χ0n) is 10.8. The van der Waals surface area contributed by atoms with E-state index in [9.17, 15) is 0 Å². The van der Waals surface area contributed by atoms with Gasteiger partial charge in [-0.05, 0) is 50.8 Å². The van der Waals surface area contributed by atoms with Crippen molar-refractivity contribution >= 4 is 0 Å². The molecule has 1 aliphatic heterocycles. The Labute approximate surface area is 104 Å². The van der Waals surface area contributed by atoms with Crippen molar-refractivity contribution in [3.05, 3.63) is 29.6 Å².